The van der Waals surface area contributed by atoms with E-state index in [4.69, 9.17) is 10.7 Å². The molecule has 11 heavy (non-hydrogen) atoms. The van der Waals surface area contributed by atoms with Crippen molar-refractivity contribution in [3.05, 3.63) is 0 Å². The Morgan fingerprint density at radius 2 is 1.73 bits per heavy atom. The second kappa shape index (κ2) is 4.31. The van der Waals surface area contributed by atoms with Gasteiger partial charge < -0.3 is 0 Å². The van der Waals surface area contributed by atoms with Gasteiger partial charge in [-0.3, -0.25) is 0 Å². The van der Waals surface area contributed by atoms with Gasteiger partial charge in [-0.05, 0) is 18.3 Å². The number of hydrogen-bond donors (Lipinski definition) is 0. The van der Waals surface area contributed by atoms with Crippen LogP contribution in [0.5, 0.6) is 0 Å². The van der Waals surface area contributed by atoms with Gasteiger partial charge in [0.1, 0.15) is 0 Å². The topological polar surface area (TPSA) is 34.1 Å². The van der Waals surface area contributed by atoms with Crippen LogP contribution in [0.1, 0.15) is 27.2 Å². The predicted molar refractivity (Wildman–Crippen MR) is 48.3 cm³/mol. The Bertz CT molecular complexity index is 196. The minimum atomic E-state index is -3.30. The van der Waals surface area contributed by atoms with Crippen LogP contribution in [-0.4, -0.2) is 14.2 Å². The maximum atomic E-state index is 10.6. The molecule has 0 N–H and O–H groups in total. The van der Waals surface area contributed by atoms with Gasteiger partial charge in [0, 0.05) is 10.7 Å². The minimum Gasteiger partial charge on any atom is -0.212 e. The Hall–Kier alpha value is 0.240. The van der Waals surface area contributed by atoms with Crippen LogP contribution in [0.25, 0.3) is 0 Å². The summed E-state index contributed by atoms with van der Waals surface area (Å²) >= 11 is 0. The van der Waals surface area contributed by atoms with Crippen LogP contribution in [0.4, 0.5) is 0 Å². The normalized spacial score (nSPS) is 15.4. The van der Waals surface area contributed by atoms with Gasteiger partial charge in [-0.2, -0.15) is 0 Å². The van der Waals surface area contributed by atoms with E-state index in [2.05, 4.69) is 13.8 Å². The molecule has 0 saturated heterocycles. The van der Waals surface area contributed by atoms with Gasteiger partial charge in [-0.1, -0.05) is 20.8 Å². The Labute approximate surface area is 73.4 Å². The van der Waals surface area contributed by atoms with E-state index >= 15 is 0 Å². The summed E-state index contributed by atoms with van der Waals surface area (Å²) in [6.45, 7) is 6.04. The van der Waals surface area contributed by atoms with Crippen molar-refractivity contribution in [2.45, 2.75) is 27.2 Å². The Morgan fingerprint density at radius 1 is 1.27 bits per heavy atom. The third-order valence-electron chi connectivity index (χ3n) is 1.36. The van der Waals surface area contributed by atoms with Crippen molar-refractivity contribution in [2.24, 2.45) is 11.8 Å². The summed E-state index contributed by atoms with van der Waals surface area (Å²) in [6.07, 6.45) is 0.909. The zero-order chi connectivity index (χ0) is 9.07. The van der Waals surface area contributed by atoms with E-state index in [1.807, 2.05) is 6.92 Å². The summed E-state index contributed by atoms with van der Waals surface area (Å²) in [5, 5.41) is 0. The highest BCUT2D eigenvalue weighted by Crippen LogP contribution is 2.14. The molecule has 1 atom stereocenters. The molecule has 0 aromatic carbocycles. The summed E-state index contributed by atoms with van der Waals surface area (Å²) < 4.78 is 21.2. The Kier molecular flexibility index (Phi) is 4.41. The summed E-state index contributed by atoms with van der Waals surface area (Å²) in [6, 6.07) is 0. The lowest BCUT2D eigenvalue weighted by atomic mass is 10.0. The molecule has 0 bridgehead atoms. The molecule has 1 unspecified atom stereocenters. The van der Waals surface area contributed by atoms with Crippen LogP contribution in [-0.2, 0) is 9.05 Å². The third kappa shape index (κ3) is 8.14. The second-order valence-corrected chi connectivity index (χ2v) is 6.26. The SMILES string of the molecule is CC(C)CC(C)CS(=O)(=O)Cl. The van der Waals surface area contributed by atoms with Gasteiger partial charge in [0.15, 0.2) is 0 Å². The molecule has 0 fully saturated rings. The molecule has 2 nitrogen and oxygen atoms in total. The summed E-state index contributed by atoms with van der Waals surface area (Å²) in [4.78, 5) is 0. The Balaban J connectivity index is 3.80. The smallest absolute Gasteiger partial charge is 0.212 e. The van der Waals surface area contributed by atoms with E-state index in [-0.39, 0.29) is 11.7 Å². The lowest BCUT2D eigenvalue weighted by molar-refractivity contribution is 0.467. The summed E-state index contributed by atoms with van der Waals surface area (Å²) in [5.41, 5.74) is 0. The summed E-state index contributed by atoms with van der Waals surface area (Å²) in [7, 11) is 1.79. The van der Waals surface area contributed by atoms with Gasteiger partial charge >= 0.3 is 0 Å². The van der Waals surface area contributed by atoms with Crippen LogP contribution in [0.15, 0.2) is 0 Å². The number of hydrogen-bond acceptors (Lipinski definition) is 2. The fraction of sp³-hybridized carbons (Fsp3) is 1.00. The van der Waals surface area contributed by atoms with Crippen LogP contribution in [0.2, 0.25) is 0 Å². The van der Waals surface area contributed by atoms with Crippen molar-refractivity contribution in [1.29, 1.82) is 0 Å². The van der Waals surface area contributed by atoms with Gasteiger partial charge in [-0.15, -0.1) is 0 Å². The van der Waals surface area contributed by atoms with E-state index in [1.54, 1.807) is 0 Å². The van der Waals surface area contributed by atoms with Crippen molar-refractivity contribution >= 4 is 19.7 Å². The maximum Gasteiger partial charge on any atom is 0.232 e. The molecule has 0 heterocycles. The van der Waals surface area contributed by atoms with Crippen LogP contribution in [0.3, 0.4) is 0 Å². The van der Waals surface area contributed by atoms with Gasteiger partial charge in [0.25, 0.3) is 0 Å². The third-order valence-corrected chi connectivity index (χ3v) is 2.70. The van der Waals surface area contributed by atoms with E-state index in [0.717, 1.165) is 6.42 Å². The molecule has 0 spiro atoms. The van der Waals surface area contributed by atoms with Crippen LogP contribution < -0.4 is 0 Å². The van der Waals surface area contributed by atoms with Gasteiger partial charge in [-0.25, -0.2) is 8.42 Å². The van der Waals surface area contributed by atoms with Crippen molar-refractivity contribution in [2.75, 3.05) is 5.75 Å². The van der Waals surface area contributed by atoms with Crippen molar-refractivity contribution < 1.29 is 8.42 Å². The highest BCUT2D eigenvalue weighted by molar-refractivity contribution is 8.13. The fourth-order valence-corrected chi connectivity index (χ4v) is 2.67. The molecular weight excluding hydrogens is 184 g/mol. The number of rotatable bonds is 4. The fourth-order valence-electron chi connectivity index (χ4n) is 1.21. The largest absolute Gasteiger partial charge is 0.232 e. The molecule has 0 amide bonds. The molecule has 0 aliphatic carbocycles. The molecule has 0 radical (unpaired) electrons. The second-order valence-electron chi connectivity index (χ2n) is 3.44. The minimum absolute atomic E-state index is 0.0900. The van der Waals surface area contributed by atoms with Crippen LogP contribution in [0, 0.1) is 11.8 Å². The quantitative estimate of drug-likeness (QED) is 0.650. The van der Waals surface area contributed by atoms with Crippen molar-refractivity contribution in [3.8, 4) is 0 Å². The zero-order valence-electron chi connectivity index (χ0n) is 7.17. The molecule has 0 rings (SSSR count). The van der Waals surface area contributed by atoms with E-state index < -0.39 is 9.05 Å². The standard InChI is InChI=1S/C7H15ClO2S/c1-6(2)4-7(3)5-11(8,9)10/h6-7H,4-5H2,1-3H3. The van der Waals surface area contributed by atoms with Gasteiger partial charge in [0.2, 0.25) is 9.05 Å². The first kappa shape index (κ1) is 11.2. The monoisotopic (exact) mass is 198 g/mol. The molecule has 0 aliphatic rings. The average molecular weight is 199 g/mol. The van der Waals surface area contributed by atoms with Crippen molar-refractivity contribution in [3.63, 3.8) is 0 Å². The number of halogens is 1. The average Bonchev–Trinajstić information content (AvgIpc) is 1.53. The Morgan fingerprint density at radius 3 is 2.00 bits per heavy atom. The first-order chi connectivity index (χ1) is 4.81. The molecular formula is C7H15ClO2S. The highest BCUT2D eigenvalue weighted by atomic mass is 35.7. The molecule has 4 heteroatoms. The maximum absolute atomic E-state index is 10.6. The first-order valence-electron chi connectivity index (χ1n) is 3.73. The molecule has 0 aromatic heterocycles. The summed E-state index contributed by atoms with van der Waals surface area (Å²) in [5.74, 6) is 0.785. The highest BCUT2D eigenvalue weighted by Gasteiger charge is 2.13. The van der Waals surface area contributed by atoms with E-state index in [9.17, 15) is 8.42 Å². The molecule has 0 aliphatic heterocycles. The van der Waals surface area contributed by atoms with E-state index in [0.29, 0.717) is 5.92 Å². The molecule has 0 aromatic rings. The van der Waals surface area contributed by atoms with Crippen LogP contribution >= 0.6 is 10.7 Å². The van der Waals surface area contributed by atoms with Gasteiger partial charge in [0.05, 0.1) is 5.75 Å². The zero-order valence-corrected chi connectivity index (χ0v) is 8.74. The lowest BCUT2D eigenvalue weighted by Gasteiger charge is -2.10. The molecule has 0 saturated carbocycles. The lowest BCUT2D eigenvalue weighted by Crippen LogP contribution is -2.10. The predicted octanol–water partition coefficient (Wildman–Crippen LogP) is 2.24. The first-order valence-corrected chi connectivity index (χ1v) is 6.21. The van der Waals surface area contributed by atoms with Crippen molar-refractivity contribution in [1.82, 2.24) is 0 Å². The molecule has 68 valence electrons. The van der Waals surface area contributed by atoms with E-state index in [1.165, 1.54) is 0 Å².